The largest absolute Gasteiger partial charge is 0.493 e. The molecule has 0 aliphatic heterocycles. The lowest BCUT2D eigenvalue weighted by atomic mass is 10.3. The van der Waals surface area contributed by atoms with E-state index in [1.54, 1.807) is 6.07 Å². The van der Waals surface area contributed by atoms with Crippen LogP contribution in [0.4, 0.5) is 0 Å². The van der Waals surface area contributed by atoms with Crippen LogP contribution in [0, 0.1) is 0 Å². The molecule has 8 heteroatoms. The number of hydrogen-bond donors (Lipinski definition) is 1. The summed E-state index contributed by atoms with van der Waals surface area (Å²) in [6.07, 6.45) is 0.735. The molecule has 0 aromatic heterocycles. The molecule has 0 heterocycles. The molecular formula is C14H22BrNO5S. The maximum absolute atomic E-state index is 12.3. The zero-order chi connectivity index (χ0) is 16.8. The standard InChI is InChI=1S/C14H22BrNO5S/c1-10(2)21-7-5-6-16-22(17,18)14-9-13(20-4)12(19-3)8-11(14)15/h8-10,16H,5-7H2,1-4H3. The first-order chi connectivity index (χ1) is 10.3. The number of halogens is 1. The van der Waals surface area contributed by atoms with Crippen molar-refractivity contribution in [2.75, 3.05) is 27.4 Å². The smallest absolute Gasteiger partial charge is 0.241 e. The molecule has 126 valence electrons. The number of nitrogens with one attached hydrogen (secondary N) is 1. The monoisotopic (exact) mass is 395 g/mol. The highest BCUT2D eigenvalue weighted by Gasteiger charge is 2.20. The Labute approximate surface area is 140 Å². The Kier molecular flexibility index (Phi) is 7.61. The first-order valence-electron chi connectivity index (χ1n) is 6.84. The van der Waals surface area contributed by atoms with Crippen molar-refractivity contribution in [3.63, 3.8) is 0 Å². The van der Waals surface area contributed by atoms with E-state index in [4.69, 9.17) is 14.2 Å². The minimum absolute atomic E-state index is 0.106. The fourth-order valence-electron chi connectivity index (χ4n) is 1.72. The summed E-state index contributed by atoms with van der Waals surface area (Å²) in [5.41, 5.74) is 0. The van der Waals surface area contributed by atoms with Crippen LogP contribution in [0.5, 0.6) is 11.5 Å². The molecule has 0 radical (unpaired) electrons. The molecule has 22 heavy (non-hydrogen) atoms. The summed E-state index contributed by atoms with van der Waals surface area (Å²) in [6.45, 7) is 4.68. The SMILES string of the molecule is COc1cc(Br)c(S(=O)(=O)NCCCOC(C)C)cc1OC. The summed E-state index contributed by atoms with van der Waals surface area (Å²) in [4.78, 5) is 0.106. The number of rotatable bonds is 9. The third kappa shape index (κ3) is 5.42. The van der Waals surface area contributed by atoms with Gasteiger partial charge in [0.2, 0.25) is 10.0 Å². The molecule has 0 saturated carbocycles. The van der Waals surface area contributed by atoms with E-state index in [0.717, 1.165) is 0 Å². The lowest BCUT2D eigenvalue weighted by Crippen LogP contribution is -2.26. The molecule has 1 aromatic rings. The van der Waals surface area contributed by atoms with E-state index in [9.17, 15) is 8.42 Å². The maximum atomic E-state index is 12.3. The van der Waals surface area contributed by atoms with Gasteiger partial charge in [-0.15, -0.1) is 0 Å². The quantitative estimate of drug-likeness (QED) is 0.650. The Morgan fingerprint density at radius 2 is 1.77 bits per heavy atom. The molecule has 0 aliphatic carbocycles. The van der Waals surface area contributed by atoms with Gasteiger partial charge in [-0.05, 0) is 42.3 Å². The second-order valence-electron chi connectivity index (χ2n) is 4.81. The molecule has 0 bridgehead atoms. The third-order valence-corrected chi connectivity index (χ3v) is 5.21. The number of hydrogen-bond acceptors (Lipinski definition) is 5. The summed E-state index contributed by atoms with van der Waals surface area (Å²) in [7, 11) is -0.689. The van der Waals surface area contributed by atoms with Gasteiger partial charge >= 0.3 is 0 Å². The van der Waals surface area contributed by atoms with E-state index in [0.29, 0.717) is 35.5 Å². The average molecular weight is 396 g/mol. The van der Waals surface area contributed by atoms with Crippen LogP contribution < -0.4 is 14.2 Å². The highest BCUT2D eigenvalue weighted by atomic mass is 79.9. The first-order valence-corrected chi connectivity index (χ1v) is 9.12. The first kappa shape index (κ1) is 19.2. The van der Waals surface area contributed by atoms with Crippen molar-refractivity contribution >= 4 is 26.0 Å². The molecule has 1 aromatic carbocycles. The zero-order valence-corrected chi connectivity index (χ0v) is 15.6. The lowest BCUT2D eigenvalue weighted by molar-refractivity contribution is 0.0778. The van der Waals surface area contributed by atoms with Crippen LogP contribution >= 0.6 is 15.9 Å². The summed E-state index contributed by atoms with van der Waals surface area (Å²) >= 11 is 3.25. The number of benzene rings is 1. The van der Waals surface area contributed by atoms with Gasteiger partial charge in [-0.25, -0.2) is 13.1 Å². The van der Waals surface area contributed by atoms with Gasteiger partial charge in [0.25, 0.3) is 0 Å². The molecule has 1 N–H and O–H groups in total. The topological polar surface area (TPSA) is 73.9 Å². The highest BCUT2D eigenvalue weighted by Crippen LogP contribution is 2.35. The van der Waals surface area contributed by atoms with Crippen LogP contribution in [-0.4, -0.2) is 41.9 Å². The van der Waals surface area contributed by atoms with E-state index in [1.165, 1.54) is 20.3 Å². The lowest BCUT2D eigenvalue weighted by Gasteiger charge is -2.13. The van der Waals surface area contributed by atoms with Crippen molar-refractivity contribution in [2.45, 2.75) is 31.3 Å². The second-order valence-corrected chi connectivity index (χ2v) is 7.40. The molecule has 0 fully saturated rings. The Hall–Kier alpha value is -0.830. The zero-order valence-electron chi connectivity index (χ0n) is 13.2. The van der Waals surface area contributed by atoms with Crippen LogP contribution in [-0.2, 0) is 14.8 Å². The van der Waals surface area contributed by atoms with Crippen LogP contribution in [0.3, 0.4) is 0 Å². The van der Waals surface area contributed by atoms with Gasteiger partial charge in [-0.3, -0.25) is 0 Å². The molecule has 0 aliphatic rings. The van der Waals surface area contributed by atoms with Crippen LogP contribution in [0.25, 0.3) is 0 Å². The fraction of sp³-hybridized carbons (Fsp3) is 0.571. The van der Waals surface area contributed by atoms with Gasteiger partial charge in [0, 0.05) is 23.7 Å². The van der Waals surface area contributed by atoms with Gasteiger partial charge in [0.15, 0.2) is 11.5 Å². The minimum atomic E-state index is -3.64. The van der Waals surface area contributed by atoms with Gasteiger partial charge in [-0.1, -0.05) is 0 Å². The van der Waals surface area contributed by atoms with Crippen molar-refractivity contribution < 1.29 is 22.6 Å². The Balaban J connectivity index is 2.80. The maximum Gasteiger partial charge on any atom is 0.241 e. The van der Waals surface area contributed by atoms with Crippen molar-refractivity contribution in [1.82, 2.24) is 4.72 Å². The number of ether oxygens (including phenoxy) is 3. The minimum Gasteiger partial charge on any atom is -0.493 e. The molecule has 0 atom stereocenters. The van der Waals surface area contributed by atoms with Crippen molar-refractivity contribution in [2.24, 2.45) is 0 Å². The van der Waals surface area contributed by atoms with Crippen LogP contribution in [0.15, 0.2) is 21.5 Å². The molecule has 0 amide bonds. The molecule has 1 rings (SSSR count). The molecule has 6 nitrogen and oxygen atoms in total. The number of methoxy groups -OCH3 is 2. The predicted octanol–water partition coefficient (Wildman–Crippen LogP) is 2.56. The van der Waals surface area contributed by atoms with E-state index in [-0.39, 0.29) is 11.0 Å². The third-order valence-electron chi connectivity index (χ3n) is 2.79. The van der Waals surface area contributed by atoms with E-state index in [2.05, 4.69) is 20.7 Å². The van der Waals surface area contributed by atoms with E-state index < -0.39 is 10.0 Å². The molecular weight excluding hydrogens is 374 g/mol. The summed E-state index contributed by atoms with van der Waals surface area (Å²) in [6, 6.07) is 2.99. The Morgan fingerprint density at radius 1 is 1.18 bits per heavy atom. The summed E-state index contributed by atoms with van der Waals surface area (Å²) in [5, 5.41) is 0. The van der Waals surface area contributed by atoms with Gasteiger partial charge < -0.3 is 14.2 Å². The fourth-order valence-corrected chi connectivity index (χ4v) is 3.83. The Bertz CT molecular complexity index is 589. The van der Waals surface area contributed by atoms with Crippen LogP contribution in [0.1, 0.15) is 20.3 Å². The van der Waals surface area contributed by atoms with Gasteiger partial charge in [0.05, 0.1) is 20.3 Å². The normalized spacial score (nSPS) is 11.7. The van der Waals surface area contributed by atoms with Crippen molar-refractivity contribution in [3.05, 3.63) is 16.6 Å². The Morgan fingerprint density at radius 3 is 2.32 bits per heavy atom. The highest BCUT2D eigenvalue weighted by molar-refractivity contribution is 9.10. The van der Waals surface area contributed by atoms with Gasteiger partial charge in [-0.2, -0.15) is 0 Å². The van der Waals surface area contributed by atoms with Crippen LogP contribution in [0.2, 0.25) is 0 Å². The summed E-state index contributed by atoms with van der Waals surface area (Å²) in [5.74, 6) is 0.813. The van der Waals surface area contributed by atoms with Gasteiger partial charge in [0.1, 0.15) is 4.90 Å². The second kappa shape index (κ2) is 8.71. The number of sulfonamides is 1. The molecule has 0 unspecified atom stereocenters. The molecule has 0 spiro atoms. The van der Waals surface area contributed by atoms with Crippen molar-refractivity contribution in [1.29, 1.82) is 0 Å². The van der Waals surface area contributed by atoms with Crippen molar-refractivity contribution in [3.8, 4) is 11.5 Å². The van der Waals surface area contributed by atoms with E-state index in [1.807, 2.05) is 13.8 Å². The molecule has 0 saturated heterocycles. The van der Waals surface area contributed by atoms with E-state index >= 15 is 0 Å². The average Bonchev–Trinajstić information content (AvgIpc) is 2.45. The summed E-state index contributed by atoms with van der Waals surface area (Å²) < 4.78 is 43.3. The predicted molar refractivity (Wildman–Crippen MR) is 88.1 cm³/mol.